The van der Waals surface area contributed by atoms with Crippen molar-refractivity contribution in [1.29, 1.82) is 0 Å². The number of para-hydroxylation sites is 1. The molecule has 0 saturated carbocycles. The molecule has 0 aliphatic rings. The van der Waals surface area contributed by atoms with E-state index in [9.17, 15) is 9.59 Å². The standard InChI is InChI=1S/C19H22N2O3/c1-2-3-6-13-24-15-11-9-14(10-12-15)19(23)21-17-8-5-4-7-16(17)18(20)22/h4-5,7-12H,2-3,6,13H2,1H3,(H2,20,22)(H,21,23). The van der Waals surface area contributed by atoms with Gasteiger partial charge >= 0.3 is 0 Å². The van der Waals surface area contributed by atoms with Crippen molar-refractivity contribution in [2.75, 3.05) is 11.9 Å². The van der Waals surface area contributed by atoms with Crippen molar-refractivity contribution in [3.8, 4) is 5.75 Å². The van der Waals surface area contributed by atoms with E-state index in [4.69, 9.17) is 10.5 Å². The number of benzene rings is 2. The average molecular weight is 326 g/mol. The Labute approximate surface area is 141 Å². The van der Waals surface area contributed by atoms with Crippen LogP contribution in [0.2, 0.25) is 0 Å². The predicted octanol–water partition coefficient (Wildman–Crippen LogP) is 3.61. The van der Waals surface area contributed by atoms with Crippen molar-refractivity contribution in [3.05, 3.63) is 59.7 Å². The highest BCUT2D eigenvalue weighted by Gasteiger charge is 2.11. The Kier molecular flexibility index (Phi) is 6.37. The number of amides is 2. The van der Waals surface area contributed by atoms with E-state index in [1.54, 1.807) is 48.5 Å². The molecule has 0 fully saturated rings. The van der Waals surface area contributed by atoms with Crippen LogP contribution in [0, 0.1) is 0 Å². The molecule has 2 amide bonds. The monoisotopic (exact) mass is 326 g/mol. The molecule has 0 spiro atoms. The lowest BCUT2D eigenvalue weighted by Gasteiger charge is -2.10. The van der Waals surface area contributed by atoms with Crippen LogP contribution in [0.1, 0.15) is 46.9 Å². The minimum absolute atomic E-state index is 0.279. The van der Waals surface area contributed by atoms with Gasteiger partial charge in [0.05, 0.1) is 17.9 Å². The fraction of sp³-hybridized carbons (Fsp3) is 0.263. The number of anilines is 1. The van der Waals surface area contributed by atoms with Crippen LogP contribution in [0.25, 0.3) is 0 Å². The lowest BCUT2D eigenvalue weighted by molar-refractivity contribution is 0.100. The van der Waals surface area contributed by atoms with Crippen LogP contribution in [-0.2, 0) is 0 Å². The Morgan fingerprint density at radius 3 is 2.42 bits per heavy atom. The zero-order valence-electron chi connectivity index (χ0n) is 13.7. The Balaban J connectivity index is 1.99. The first-order valence-electron chi connectivity index (χ1n) is 8.05. The first-order valence-corrected chi connectivity index (χ1v) is 8.05. The number of nitrogens with one attached hydrogen (secondary N) is 1. The highest BCUT2D eigenvalue weighted by molar-refractivity contribution is 6.08. The molecular formula is C19H22N2O3. The van der Waals surface area contributed by atoms with E-state index in [1.165, 1.54) is 0 Å². The number of primary amides is 1. The molecule has 0 bridgehead atoms. The van der Waals surface area contributed by atoms with Gasteiger partial charge in [-0.05, 0) is 42.8 Å². The summed E-state index contributed by atoms with van der Waals surface area (Å²) in [5, 5.41) is 2.71. The molecule has 2 rings (SSSR count). The van der Waals surface area contributed by atoms with Gasteiger partial charge < -0.3 is 15.8 Å². The zero-order valence-corrected chi connectivity index (χ0v) is 13.7. The third-order valence-electron chi connectivity index (χ3n) is 3.57. The second-order valence-corrected chi connectivity index (χ2v) is 5.44. The summed E-state index contributed by atoms with van der Waals surface area (Å²) in [4.78, 5) is 23.7. The fourth-order valence-corrected chi connectivity index (χ4v) is 2.25. The van der Waals surface area contributed by atoms with Gasteiger partial charge in [0.25, 0.3) is 11.8 Å². The van der Waals surface area contributed by atoms with E-state index in [1.807, 2.05) is 0 Å². The van der Waals surface area contributed by atoms with Gasteiger partial charge in [0.2, 0.25) is 0 Å². The second kappa shape index (κ2) is 8.72. The molecule has 0 radical (unpaired) electrons. The number of hydrogen-bond donors (Lipinski definition) is 2. The van der Waals surface area contributed by atoms with E-state index in [0.717, 1.165) is 25.0 Å². The Morgan fingerprint density at radius 2 is 1.75 bits per heavy atom. The van der Waals surface area contributed by atoms with Crippen molar-refractivity contribution >= 4 is 17.5 Å². The molecular weight excluding hydrogens is 304 g/mol. The highest BCUT2D eigenvalue weighted by Crippen LogP contribution is 2.17. The Hall–Kier alpha value is -2.82. The third kappa shape index (κ3) is 4.84. The minimum atomic E-state index is -0.582. The normalized spacial score (nSPS) is 10.2. The number of hydrogen-bond acceptors (Lipinski definition) is 3. The van der Waals surface area contributed by atoms with Crippen molar-refractivity contribution in [1.82, 2.24) is 0 Å². The van der Waals surface area contributed by atoms with Gasteiger partial charge in [0.1, 0.15) is 5.75 Å². The number of carbonyl (C=O) groups is 2. The molecule has 0 aliphatic heterocycles. The maximum Gasteiger partial charge on any atom is 0.255 e. The maximum atomic E-state index is 12.3. The lowest BCUT2D eigenvalue weighted by Crippen LogP contribution is -2.18. The molecule has 3 N–H and O–H groups in total. The largest absolute Gasteiger partial charge is 0.494 e. The fourth-order valence-electron chi connectivity index (χ4n) is 2.25. The predicted molar refractivity (Wildman–Crippen MR) is 94.4 cm³/mol. The summed E-state index contributed by atoms with van der Waals surface area (Å²) in [6, 6.07) is 13.6. The van der Waals surface area contributed by atoms with E-state index < -0.39 is 5.91 Å². The first-order chi connectivity index (χ1) is 11.6. The van der Waals surface area contributed by atoms with Crippen LogP contribution in [0.15, 0.2) is 48.5 Å². The molecule has 5 heteroatoms. The van der Waals surface area contributed by atoms with Crippen molar-refractivity contribution in [3.63, 3.8) is 0 Å². The van der Waals surface area contributed by atoms with Crippen LogP contribution in [0.4, 0.5) is 5.69 Å². The van der Waals surface area contributed by atoms with Crippen molar-refractivity contribution < 1.29 is 14.3 Å². The smallest absolute Gasteiger partial charge is 0.255 e. The average Bonchev–Trinajstić information content (AvgIpc) is 2.59. The van der Waals surface area contributed by atoms with Gasteiger partial charge in [-0.1, -0.05) is 31.9 Å². The molecule has 0 unspecified atom stereocenters. The molecule has 5 nitrogen and oxygen atoms in total. The summed E-state index contributed by atoms with van der Waals surface area (Å²) in [6.07, 6.45) is 3.30. The summed E-state index contributed by atoms with van der Waals surface area (Å²) in [7, 11) is 0. The molecule has 2 aromatic carbocycles. The minimum Gasteiger partial charge on any atom is -0.494 e. The molecule has 0 aromatic heterocycles. The van der Waals surface area contributed by atoms with E-state index in [0.29, 0.717) is 17.9 Å². The number of rotatable bonds is 8. The molecule has 0 saturated heterocycles. The molecule has 0 atom stereocenters. The maximum absolute atomic E-state index is 12.3. The summed E-state index contributed by atoms with van der Waals surface area (Å²) in [5.74, 6) is -0.150. The number of unbranched alkanes of at least 4 members (excludes halogenated alkanes) is 2. The summed E-state index contributed by atoms with van der Waals surface area (Å²) in [5.41, 5.74) is 6.47. The second-order valence-electron chi connectivity index (χ2n) is 5.44. The molecule has 0 aliphatic carbocycles. The number of nitrogens with two attached hydrogens (primary N) is 1. The SMILES string of the molecule is CCCCCOc1ccc(C(=O)Nc2ccccc2C(N)=O)cc1. The first kappa shape index (κ1) is 17.5. The van der Waals surface area contributed by atoms with Gasteiger partial charge in [0, 0.05) is 5.56 Å². The van der Waals surface area contributed by atoms with Gasteiger partial charge in [-0.2, -0.15) is 0 Å². The van der Waals surface area contributed by atoms with Crippen LogP contribution < -0.4 is 15.8 Å². The molecule has 0 heterocycles. The van der Waals surface area contributed by atoms with E-state index in [2.05, 4.69) is 12.2 Å². The van der Waals surface area contributed by atoms with Crippen LogP contribution in [0.3, 0.4) is 0 Å². The number of carbonyl (C=O) groups excluding carboxylic acids is 2. The topological polar surface area (TPSA) is 81.4 Å². The summed E-state index contributed by atoms with van der Waals surface area (Å²) in [6.45, 7) is 2.81. The van der Waals surface area contributed by atoms with Crippen LogP contribution in [-0.4, -0.2) is 18.4 Å². The van der Waals surface area contributed by atoms with Crippen molar-refractivity contribution in [2.24, 2.45) is 5.73 Å². The van der Waals surface area contributed by atoms with E-state index >= 15 is 0 Å². The van der Waals surface area contributed by atoms with Crippen LogP contribution in [0.5, 0.6) is 5.75 Å². The molecule has 24 heavy (non-hydrogen) atoms. The van der Waals surface area contributed by atoms with Crippen LogP contribution >= 0.6 is 0 Å². The quantitative estimate of drug-likeness (QED) is 0.727. The van der Waals surface area contributed by atoms with Gasteiger partial charge in [-0.25, -0.2) is 0 Å². The summed E-state index contributed by atoms with van der Waals surface area (Å²) >= 11 is 0. The summed E-state index contributed by atoms with van der Waals surface area (Å²) < 4.78 is 5.62. The Morgan fingerprint density at radius 1 is 1.04 bits per heavy atom. The Bertz CT molecular complexity index is 696. The van der Waals surface area contributed by atoms with Gasteiger partial charge in [-0.3, -0.25) is 9.59 Å². The van der Waals surface area contributed by atoms with Crippen molar-refractivity contribution in [2.45, 2.75) is 26.2 Å². The molecule has 126 valence electrons. The van der Waals surface area contributed by atoms with Gasteiger partial charge in [0.15, 0.2) is 0 Å². The number of ether oxygens (including phenoxy) is 1. The lowest BCUT2D eigenvalue weighted by atomic mass is 10.1. The highest BCUT2D eigenvalue weighted by atomic mass is 16.5. The molecule has 2 aromatic rings. The zero-order chi connectivity index (χ0) is 17.4. The third-order valence-corrected chi connectivity index (χ3v) is 3.57. The van der Waals surface area contributed by atoms with E-state index in [-0.39, 0.29) is 11.5 Å². The van der Waals surface area contributed by atoms with Gasteiger partial charge in [-0.15, -0.1) is 0 Å².